The fourth-order valence-corrected chi connectivity index (χ4v) is 1.58. The summed E-state index contributed by atoms with van der Waals surface area (Å²) in [5.74, 6) is 1.52. The molecule has 1 rings (SSSR count). The Balaban J connectivity index is 2.86. The maximum absolute atomic E-state index is 9.08. The van der Waals surface area contributed by atoms with Crippen LogP contribution in [0.25, 0.3) is 0 Å². The van der Waals surface area contributed by atoms with Crippen LogP contribution in [0, 0.1) is 17.2 Å². The minimum absolute atomic E-state index is 0.451. The van der Waals surface area contributed by atoms with E-state index in [2.05, 4.69) is 37.3 Å². The van der Waals surface area contributed by atoms with E-state index in [0.717, 1.165) is 25.9 Å². The van der Waals surface area contributed by atoms with Gasteiger partial charge in [-0.1, -0.05) is 27.2 Å². The number of unbranched alkanes of at least 4 members (excludes halogenated alkanes) is 1. The highest BCUT2D eigenvalue weighted by Crippen LogP contribution is 2.21. The third-order valence-electron chi connectivity index (χ3n) is 2.46. The van der Waals surface area contributed by atoms with Crippen molar-refractivity contribution >= 4 is 11.6 Å². The van der Waals surface area contributed by atoms with Crippen molar-refractivity contribution in [3.63, 3.8) is 0 Å². The summed E-state index contributed by atoms with van der Waals surface area (Å²) in [4.78, 5) is 0. The highest BCUT2D eigenvalue weighted by molar-refractivity contribution is 5.63. The first-order valence-electron chi connectivity index (χ1n) is 6.10. The Labute approximate surface area is 103 Å². The molecule has 1 aromatic heterocycles. The van der Waals surface area contributed by atoms with Gasteiger partial charge in [0, 0.05) is 13.1 Å². The SMILES string of the molecule is CCCCNc1nn(CC(C)C)c(N)c1C#N. The lowest BCUT2D eigenvalue weighted by atomic mass is 10.2. The molecule has 0 aliphatic heterocycles. The summed E-state index contributed by atoms with van der Waals surface area (Å²) in [7, 11) is 0. The molecule has 0 radical (unpaired) electrons. The molecule has 1 heterocycles. The highest BCUT2D eigenvalue weighted by Gasteiger charge is 2.15. The molecular formula is C12H21N5. The molecule has 0 fully saturated rings. The van der Waals surface area contributed by atoms with Crippen LogP contribution < -0.4 is 11.1 Å². The lowest BCUT2D eigenvalue weighted by Crippen LogP contribution is -2.10. The average molecular weight is 235 g/mol. The number of hydrogen-bond donors (Lipinski definition) is 2. The maximum Gasteiger partial charge on any atom is 0.168 e. The number of anilines is 2. The molecular weight excluding hydrogens is 214 g/mol. The van der Waals surface area contributed by atoms with Crippen LogP contribution in [-0.2, 0) is 6.54 Å². The van der Waals surface area contributed by atoms with Crippen molar-refractivity contribution in [1.82, 2.24) is 9.78 Å². The summed E-state index contributed by atoms with van der Waals surface area (Å²) in [5.41, 5.74) is 6.37. The predicted molar refractivity (Wildman–Crippen MR) is 69.6 cm³/mol. The van der Waals surface area contributed by atoms with E-state index in [0.29, 0.717) is 23.1 Å². The molecule has 0 saturated carbocycles. The van der Waals surface area contributed by atoms with Crippen molar-refractivity contribution in [3.8, 4) is 6.07 Å². The van der Waals surface area contributed by atoms with Crippen molar-refractivity contribution in [3.05, 3.63) is 5.56 Å². The van der Waals surface area contributed by atoms with Gasteiger partial charge in [0.05, 0.1) is 0 Å². The number of rotatable bonds is 6. The Hall–Kier alpha value is -1.70. The first-order chi connectivity index (χ1) is 8.10. The Bertz CT molecular complexity index is 400. The number of nitrogens with two attached hydrogens (primary N) is 1. The van der Waals surface area contributed by atoms with Gasteiger partial charge in [-0.3, -0.25) is 0 Å². The first kappa shape index (κ1) is 13.4. The van der Waals surface area contributed by atoms with E-state index in [9.17, 15) is 0 Å². The van der Waals surface area contributed by atoms with Gasteiger partial charge in [0.15, 0.2) is 5.82 Å². The fraction of sp³-hybridized carbons (Fsp3) is 0.667. The molecule has 0 saturated heterocycles. The number of aromatic nitrogens is 2. The molecule has 3 N–H and O–H groups in total. The van der Waals surface area contributed by atoms with Crippen molar-refractivity contribution in [1.29, 1.82) is 5.26 Å². The van der Waals surface area contributed by atoms with Crippen molar-refractivity contribution in [2.24, 2.45) is 5.92 Å². The zero-order chi connectivity index (χ0) is 12.8. The average Bonchev–Trinajstić information content (AvgIpc) is 2.55. The Morgan fingerprint density at radius 1 is 1.53 bits per heavy atom. The normalized spacial score (nSPS) is 10.5. The smallest absolute Gasteiger partial charge is 0.168 e. The topological polar surface area (TPSA) is 79.7 Å². The van der Waals surface area contributed by atoms with Gasteiger partial charge in [0.1, 0.15) is 17.5 Å². The van der Waals surface area contributed by atoms with E-state index in [1.165, 1.54) is 0 Å². The van der Waals surface area contributed by atoms with Crippen LogP contribution in [0.4, 0.5) is 11.6 Å². The quantitative estimate of drug-likeness (QED) is 0.741. The van der Waals surface area contributed by atoms with Gasteiger partial charge in [0.25, 0.3) is 0 Å². The molecule has 5 heteroatoms. The van der Waals surface area contributed by atoms with Crippen LogP contribution in [0.3, 0.4) is 0 Å². The second kappa shape index (κ2) is 6.14. The van der Waals surface area contributed by atoms with Gasteiger partial charge in [-0.15, -0.1) is 0 Å². The lowest BCUT2D eigenvalue weighted by molar-refractivity contribution is 0.489. The van der Waals surface area contributed by atoms with E-state index in [-0.39, 0.29) is 0 Å². The second-order valence-electron chi connectivity index (χ2n) is 4.58. The molecule has 5 nitrogen and oxygen atoms in total. The van der Waals surface area contributed by atoms with Crippen molar-refractivity contribution in [2.45, 2.75) is 40.2 Å². The van der Waals surface area contributed by atoms with Gasteiger partial charge >= 0.3 is 0 Å². The van der Waals surface area contributed by atoms with E-state index < -0.39 is 0 Å². The zero-order valence-corrected chi connectivity index (χ0v) is 10.8. The Kier molecular flexibility index (Phi) is 4.83. The molecule has 94 valence electrons. The van der Waals surface area contributed by atoms with Crippen LogP contribution in [-0.4, -0.2) is 16.3 Å². The molecule has 0 bridgehead atoms. The fourth-order valence-electron chi connectivity index (χ4n) is 1.58. The van der Waals surface area contributed by atoms with Crippen LogP contribution in [0.2, 0.25) is 0 Å². The molecule has 17 heavy (non-hydrogen) atoms. The predicted octanol–water partition coefficient (Wildman–Crippen LogP) is 2.20. The minimum Gasteiger partial charge on any atom is -0.383 e. The highest BCUT2D eigenvalue weighted by atomic mass is 15.3. The van der Waals surface area contributed by atoms with Crippen molar-refractivity contribution < 1.29 is 0 Å². The standard InChI is InChI=1S/C12H21N5/c1-4-5-6-15-12-10(7-13)11(14)17(16-12)8-9(2)3/h9H,4-6,8,14H2,1-3H3,(H,15,16). The van der Waals surface area contributed by atoms with Gasteiger partial charge in [-0.2, -0.15) is 10.4 Å². The van der Waals surface area contributed by atoms with Crippen LogP contribution in [0.1, 0.15) is 39.2 Å². The van der Waals surface area contributed by atoms with E-state index in [1.54, 1.807) is 4.68 Å². The summed E-state index contributed by atoms with van der Waals surface area (Å²) in [6.45, 7) is 7.87. The monoisotopic (exact) mass is 235 g/mol. The van der Waals surface area contributed by atoms with Gasteiger partial charge < -0.3 is 11.1 Å². The van der Waals surface area contributed by atoms with Gasteiger partial charge in [0.2, 0.25) is 0 Å². The second-order valence-corrected chi connectivity index (χ2v) is 4.58. The van der Waals surface area contributed by atoms with Crippen molar-refractivity contribution in [2.75, 3.05) is 17.6 Å². The molecule has 0 atom stereocenters. The van der Waals surface area contributed by atoms with E-state index in [4.69, 9.17) is 11.0 Å². The van der Waals surface area contributed by atoms with Crippen LogP contribution in [0.5, 0.6) is 0 Å². The number of nitrogen functional groups attached to an aromatic ring is 1. The minimum atomic E-state index is 0.451. The summed E-state index contributed by atoms with van der Waals surface area (Å²) >= 11 is 0. The summed E-state index contributed by atoms with van der Waals surface area (Å²) in [6.07, 6.45) is 2.17. The zero-order valence-electron chi connectivity index (χ0n) is 10.8. The molecule has 0 spiro atoms. The molecule has 0 aliphatic rings. The summed E-state index contributed by atoms with van der Waals surface area (Å²) in [5, 5.41) is 16.6. The lowest BCUT2D eigenvalue weighted by Gasteiger charge is -2.06. The number of nitrogens with one attached hydrogen (secondary N) is 1. The van der Waals surface area contributed by atoms with E-state index in [1.807, 2.05) is 0 Å². The van der Waals surface area contributed by atoms with Crippen LogP contribution >= 0.6 is 0 Å². The van der Waals surface area contributed by atoms with E-state index >= 15 is 0 Å². The molecule has 0 aliphatic carbocycles. The van der Waals surface area contributed by atoms with Crippen LogP contribution in [0.15, 0.2) is 0 Å². The molecule has 0 unspecified atom stereocenters. The summed E-state index contributed by atoms with van der Waals surface area (Å²) < 4.78 is 1.71. The molecule has 1 aromatic rings. The first-order valence-corrected chi connectivity index (χ1v) is 6.10. The molecule has 0 aromatic carbocycles. The Morgan fingerprint density at radius 3 is 2.76 bits per heavy atom. The third-order valence-corrected chi connectivity index (χ3v) is 2.46. The van der Waals surface area contributed by atoms with Gasteiger partial charge in [-0.25, -0.2) is 4.68 Å². The number of nitrogens with zero attached hydrogens (tertiary/aromatic N) is 3. The number of hydrogen-bond acceptors (Lipinski definition) is 4. The largest absolute Gasteiger partial charge is 0.383 e. The maximum atomic E-state index is 9.08. The summed E-state index contributed by atoms with van der Waals surface area (Å²) in [6, 6.07) is 2.11. The third kappa shape index (κ3) is 3.38. The molecule has 0 amide bonds. The Morgan fingerprint density at radius 2 is 2.24 bits per heavy atom. The number of nitriles is 1. The van der Waals surface area contributed by atoms with Gasteiger partial charge in [-0.05, 0) is 12.3 Å².